The van der Waals surface area contributed by atoms with E-state index < -0.39 is 15.9 Å². The summed E-state index contributed by atoms with van der Waals surface area (Å²) in [5.74, 6) is 0.115. The molecular weight excluding hydrogens is 621 g/mol. The predicted octanol–water partition coefficient (Wildman–Crippen LogP) is 4.20. The largest absolute Gasteiger partial charge is 1.00 e. The molecule has 0 saturated carbocycles. The van der Waals surface area contributed by atoms with E-state index in [0.29, 0.717) is 41.4 Å². The van der Waals surface area contributed by atoms with Crippen LogP contribution in [0.4, 0.5) is 0 Å². The number of hydrogen-bond donors (Lipinski definition) is 1. The molecule has 1 N–H and O–H groups in total. The topological polar surface area (TPSA) is 117 Å². The number of aromatic hydroxyl groups is 1. The van der Waals surface area contributed by atoms with Gasteiger partial charge in [-0.3, -0.25) is 4.40 Å². The average Bonchev–Trinajstić information content (AvgIpc) is 3.32. The predicted molar refractivity (Wildman–Crippen MR) is 171 cm³/mol. The molecule has 2 aromatic heterocycles. The van der Waals surface area contributed by atoms with E-state index in [4.69, 9.17) is 26.3 Å². The first-order chi connectivity index (χ1) is 21.2. The van der Waals surface area contributed by atoms with Gasteiger partial charge >= 0.3 is 29.6 Å². The monoisotopic (exact) mass is 655 g/mol. The normalized spacial score (nSPS) is 12.2. The second-order valence-electron chi connectivity index (χ2n) is 10.9. The average molecular weight is 656 g/mol. The third kappa shape index (κ3) is 9.54. The zero-order valence-corrected chi connectivity index (χ0v) is 29.1. The SMILES string of the molecule is CCCCC(CCCS(=O)(=O)[O-])Oc1ccc(Cc2nc3c(Cc4ccccc4)nc(-c4ccccc4)cn3c2O)cc1Cl.[Na+]. The van der Waals surface area contributed by atoms with Gasteiger partial charge in [0.25, 0.3) is 0 Å². The first-order valence-electron chi connectivity index (χ1n) is 14.8. The minimum atomic E-state index is -4.27. The third-order valence-corrected chi connectivity index (χ3v) is 8.55. The second kappa shape index (κ2) is 16.1. The molecule has 0 aliphatic heterocycles. The van der Waals surface area contributed by atoms with Crippen LogP contribution in [0.2, 0.25) is 5.02 Å². The van der Waals surface area contributed by atoms with Gasteiger partial charge < -0.3 is 14.4 Å². The van der Waals surface area contributed by atoms with Crippen LogP contribution in [0.5, 0.6) is 11.6 Å². The van der Waals surface area contributed by atoms with Crippen molar-refractivity contribution in [2.45, 2.75) is 58.0 Å². The van der Waals surface area contributed by atoms with Gasteiger partial charge in [-0.15, -0.1) is 0 Å². The molecule has 0 bridgehead atoms. The van der Waals surface area contributed by atoms with Gasteiger partial charge in [0, 0.05) is 30.4 Å². The molecule has 3 aromatic carbocycles. The minimum absolute atomic E-state index is 0. The molecule has 0 radical (unpaired) electrons. The Kier molecular flexibility index (Phi) is 12.5. The number of halogens is 1. The van der Waals surface area contributed by atoms with Crippen LogP contribution < -0.4 is 34.3 Å². The summed E-state index contributed by atoms with van der Waals surface area (Å²) >= 11 is 6.63. The van der Waals surface area contributed by atoms with E-state index in [1.165, 1.54) is 0 Å². The zero-order chi connectivity index (χ0) is 31.1. The number of rotatable bonds is 14. The Morgan fingerprint density at radius 3 is 2.24 bits per heavy atom. The van der Waals surface area contributed by atoms with E-state index >= 15 is 0 Å². The molecule has 8 nitrogen and oxygen atoms in total. The molecule has 0 amide bonds. The van der Waals surface area contributed by atoms with Gasteiger partial charge in [0.1, 0.15) is 11.4 Å². The van der Waals surface area contributed by atoms with Crippen molar-refractivity contribution in [2.24, 2.45) is 0 Å². The zero-order valence-electron chi connectivity index (χ0n) is 25.5. The van der Waals surface area contributed by atoms with Crippen LogP contribution in [-0.2, 0) is 23.0 Å². The van der Waals surface area contributed by atoms with Crippen LogP contribution >= 0.6 is 11.6 Å². The number of hydrogen-bond acceptors (Lipinski definition) is 7. The van der Waals surface area contributed by atoms with E-state index in [2.05, 4.69) is 6.92 Å². The van der Waals surface area contributed by atoms with E-state index in [-0.39, 0.29) is 48.0 Å². The maximum Gasteiger partial charge on any atom is 1.00 e. The Labute approximate surface area is 291 Å². The molecule has 1 unspecified atom stereocenters. The number of ether oxygens (including phenoxy) is 1. The Bertz CT molecular complexity index is 1820. The summed E-state index contributed by atoms with van der Waals surface area (Å²) in [5, 5.41) is 11.7. The van der Waals surface area contributed by atoms with Crippen LogP contribution in [0.25, 0.3) is 16.9 Å². The fraction of sp³-hybridized carbons (Fsp3) is 0.294. The fourth-order valence-electron chi connectivity index (χ4n) is 5.22. The number of imidazole rings is 1. The Balaban J connectivity index is 0.00000461. The van der Waals surface area contributed by atoms with Crippen molar-refractivity contribution in [3.05, 3.63) is 113 Å². The number of nitrogens with zero attached hydrogens (tertiary/aromatic N) is 3. The third-order valence-electron chi connectivity index (χ3n) is 7.47. The Hall–Kier alpha value is -2.92. The molecule has 230 valence electrons. The molecule has 0 aliphatic carbocycles. The van der Waals surface area contributed by atoms with E-state index in [0.717, 1.165) is 47.3 Å². The molecule has 1 atom stereocenters. The number of unbranched alkanes of at least 4 members (excludes halogenated alkanes) is 1. The van der Waals surface area contributed by atoms with E-state index in [1.54, 1.807) is 16.5 Å². The molecule has 5 aromatic rings. The molecule has 0 fully saturated rings. The summed E-state index contributed by atoms with van der Waals surface area (Å²) in [6, 6.07) is 25.3. The van der Waals surface area contributed by atoms with Gasteiger partial charge in [0.05, 0.1) is 32.6 Å². The van der Waals surface area contributed by atoms with Crippen molar-refractivity contribution < 1.29 is 52.4 Å². The first-order valence-corrected chi connectivity index (χ1v) is 16.7. The van der Waals surface area contributed by atoms with Gasteiger partial charge in [-0.1, -0.05) is 98.1 Å². The molecule has 45 heavy (non-hydrogen) atoms. The molecule has 5 rings (SSSR count). The van der Waals surface area contributed by atoms with Gasteiger partial charge in [-0.25, -0.2) is 18.4 Å². The maximum absolute atomic E-state index is 11.3. The van der Waals surface area contributed by atoms with Crippen molar-refractivity contribution in [1.29, 1.82) is 0 Å². The van der Waals surface area contributed by atoms with Crippen LogP contribution in [0, 0.1) is 0 Å². The summed E-state index contributed by atoms with van der Waals surface area (Å²) < 4.78 is 41.0. The summed E-state index contributed by atoms with van der Waals surface area (Å²) in [7, 11) is -4.27. The fourth-order valence-corrected chi connectivity index (χ4v) is 5.99. The van der Waals surface area contributed by atoms with E-state index in [9.17, 15) is 18.1 Å². The number of fused-ring (bicyclic) bond motifs is 1. The Morgan fingerprint density at radius 1 is 0.911 bits per heavy atom. The van der Waals surface area contributed by atoms with Gasteiger partial charge in [-0.2, -0.15) is 0 Å². The smallest absolute Gasteiger partial charge is 0.748 e. The van der Waals surface area contributed by atoms with E-state index in [1.807, 2.05) is 72.9 Å². The quantitative estimate of drug-likeness (QED) is 0.141. The van der Waals surface area contributed by atoms with Gasteiger partial charge in [-0.05, 0) is 42.5 Å². The van der Waals surface area contributed by atoms with Crippen molar-refractivity contribution in [2.75, 3.05) is 5.75 Å². The molecule has 0 aliphatic rings. The number of benzene rings is 3. The maximum atomic E-state index is 11.3. The van der Waals surface area contributed by atoms with Crippen LogP contribution in [0.15, 0.2) is 85.1 Å². The first kappa shape index (κ1) is 34.9. The molecule has 0 spiro atoms. The molecule has 0 saturated heterocycles. The Morgan fingerprint density at radius 2 is 1.58 bits per heavy atom. The number of aromatic nitrogens is 3. The minimum Gasteiger partial charge on any atom is -0.748 e. The van der Waals surface area contributed by atoms with Crippen LogP contribution in [-0.4, -0.2) is 44.3 Å². The summed E-state index contributed by atoms with van der Waals surface area (Å²) in [4.78, 5) is 9.78. The van der Waals surface area contributed by atoms with Crippen LogP contribution in [0.1, 0.15) is 61.5 Å². The summed E-state index contributed by atoms with van der Waals surface area (Å²) in [6.07, 6.45) is 5.72. The van der Waals surface area contributed by atoms with Crippen molar-refractivity contribution >= 4 is 27.4 Å². The summed E-state index contributed by atoms with van der Waals surface area (Å²) in [5.41, 5.74) is 5.44. The second-order valence-corrected chi connectivity index (χ2v) is 12.8. The van der Waals surface area contributed by atoms with Gasteiger partial charge in [0.2, 0.25) is 5.88 Å². The standard InChI is InChI=1S/C34H36ClN3O5S.Na/c1-2-3-15-27(16-10-19-44(40,41)42)43-32-18-17-25(20-28(32)35)22-30-34(39)38-23-31(26-13-8-5-9-14-26)36-29(33(38)37-30)21-24-11-6-4-7-12-24;/h4-9,11-14,17-18,20,23,27,39H,2-3,10,15-16,19,21-22H2,1H3,(H,40,41,42);/q;+1/p-1. The van der Waals surface area contributed by atoms with Gasteiger partial charge in [0.15, 0.2) is 5.65 Å². The summed E-state index contributed by atoms with van der Waals surface area (Å²) in [6.45, 7) is 2.07. The van der Waals surface area contributed by atoms with Crippen molar-refractivity contribution in [3.63, 3.8) is 0 Å². The van der Waals surface area contributed by atoms with Crippen LogP contribution in [0.3, 0.4) is 0 Å². The molecule has 11 heteroatoms. The van der Waals surface area contributed by atoms with Crippen molar-refractivity contribution in [1.82, 2.24) is 14.4 Å². The van der Waals surface area contributed by atoms with Crippen molar-refractivity contribution in [3.8, 4) is 22.9 Å². The molecule has 2 heterocycles. The molecular formula is C34H35ClN3NaO5S.